The lowest BCUT2D eigenvalue weighted by Crippen LogP contribution is -2.40. The summed E-state index contributed by atoms with van der Waals surface area (Å²) in [6.45, 7) is 1.38. The number of morpholine rings is 1. The van der Waals surface area contributed by atoms with Gasteiger partial charge < -0.3 is 10.1 Å². The fraction of sp³-hybridized carbons (Fsp3) is 0.190. The van der Waals surface area contributed by atoms with Crippen LogP contribution in [0.2, 0.25) is 0 Å². The molecule has 1 saturated heterocycles. The number of hydrogen-bond donors (Lipinski definition) is 1. The van der Waals surface area contributed by atoms with Gasteiger partial charge in [0.1, 0.15) is 0 Å². The quantitative estimate of drug-likeness (QED) is 0.735. The van der Waals surface area contributed by atoms with E-state index in [-0.39, 0.29) is 10.8 Å². The molecule has 0 radical (unpaired) electrons. The Morgan fingerprint density at radius 3 is 2.46 bits per heavy atom. The highest BCUT2D eigenvalue weighted by Gasteiger charge is 2.26. The van der Waals surface area contributed by atoms with E-state index in [9.17, 15) is 13.2 Å². The lowest BCUT2D eigenvalue weighted by atomic mass is 10.1. The Bertz CT molecular complexity index is 1120. The van der Waals surface area contributed by atoms with E-state index in [0.29, 0.717) is 37.6 Å². The predicted molar refractivity (Wildman–Crippen MR) is 108 cm³/mol. The smallest absolute Gasteiger partial charge is 0.255 e. The molecule has 0 aliphatic carbocycles. The first-order valence-electron chi connectivity index (χ1n) is 9.03. The molecule has 1 fully saturated rings. The van der Waals surface area contributed by atoms with Crippen molar-refractivity contribution in [2.24, 2.45) is 0 Å². The monoisotopic (exact) mass is 396 g/mol. The highest BCUT2D eigenvalue weighted by atomic mass is 32.2. The van der Waals surface area contributed by atoms with Crippen LogP contribution in [0.25, 0.3) is 10.8 Å². The van der Waals surface area contributed by atoms with Gasteiger partial charge in [-0.15, -0.1) is 0 Å². The fourth-order valence-corrected chi connectivity index (χ4v) is 4.72. The van der Waals surface area contributed by atoms with Crippen molar-refractivity contribution < 1.29 is 17.9 Å². The van der Waals surface area contributed by atoms with E-state index in [1.54, 1.807) is 12.1 Å². The van der Waals surface area contributed by atoms with Crippen LogP contribution in [0.4, 0.5) is 5.69 Å². The molecule has 144 valence electrons. The number of anilines is 1. The summed E-state index contributed by atoms with van der Waals surface area (Å²) >= 11 is 0. The maximum absolute atomic E-state index is 12.8. The number of ether oxygens (including phenoxy) is 1. The van der Waals surface area contributed by atoms with Crippen molar-refractivity contribution in [3.63, 3.8) is 0 Å². The van der Waals surface area contributed by atoms with Crippen LogP contribution in [0.3, 0.4) is 0 Å². The van der Waals surface area contributed by atoms with Gasteiger partial charge in [-0.05, 0) is 29.7 Å². The highest BCUT2D eigenvalue weighted by Crippen LogP contribution is 2.24. The van der Waals surface area contributed by atoms with Gasteiger partial charge in [0.2, 0.25) is 10.0 Å². The highest BCUT2D eigenvalue weighted by molar-refractivity contribution is 7.89. The second kappa shape index (κ2) is 7.71. The molecule has 1 aliphatic rings. The zero-order valence-corrected chi connectivity index (χ0v) is 16.0. The number of nitrogens with zero attached hydrogens (tertiary/aromatic N) is 1. The number of benzene rings is 3. The minimum absolute atomic E-state index is 0.111. The summed E-state index contributed by atoms with van der Waals surface area (Å²) in [5, 5.41) is 4.84. The SMILES string of the molecule is O=C(Nc1cccc2ccccc12)c1cccc(S(=O)(=O)N2CCOCC2)c1. The molecule has 6 nitrogen and oxygen atoms in total. The van der Waals surface area contributed by atoms with Crippen molar-refractivity contribution in [3.8, 4) is 0 Å². The molecule has 1 N–H and O–H groups in total. The van der Waals surface area contributed by atoms with Crippen molar-refractivity contribution in [1.82, 2.24) is 4.31 Å². The van der Waals surface area contributed by atoms with Crippen LogP contribution in [0.1, 0.15) is 10.4 Å². The van der Waals surface area contributed by atoms with E-state index in [1.165, 1.54) is 16.4 Å². The van der Waals surface area contributed by atoms with E-state index >= 15 is 0 Å². The molecule has 3 aromatic rings. The minimum atomic E-state index is -3.65. The number of fused-ring (bicyclic) bond motifs is 1. The number of hydrogen-bond acceptors (Lipinski definition) is 4. The van der Waals surface area contributed by atoms with E-state index in [2.05, 4.69) is 5.32 Å². The van der Waals surface area contributed by atoms with Gasteiger partial charge in [0.25, 0.3) is 5.91 Å². The van der Waals surface area contributed by atoms with E-state index < -0.39 is 10.0 Å². The molecule has 0 aromatic heterocycles. The molecule has 4 rings (SSSR count). The van der Waals surface area contributed by atoms with Crippen molar-refractivity contribution in [2.75, 3.05) is 31.6 Å². The van der Waals surface area contributed by atoms with Crippen LogP contribution in [-0.4, -0.2) is 44.9 Å². The summed E-state index contributed by atoms with van der Waals surface area (Å²) < 4.78 is 32.3. The minimum Gasteiger partial charge on any atom is -0.379 e. The van der Waals surface area contributed by atoms with Crippen LogP contribution in [0.15, 0.2) is 71.6 Å². The molecule has 28 heavy (non-hydrogen) atoms. The summed E-state index contributed by atoms with van der Waals surface area (Å²) in [5.41, 5.74) is 0.979. The number of nitrogens with one attached hydrogen (secondary N) is 1. The fourth-order valence-electron chi connectivity index (χ4n) is 3.26. The second-order valence-electron chi connectivity index (χ2n) is 6.53. The molecule has 0 unspecified atom stereocenters. The van der Waals surface area contributed by atoms with Gasteiger partial charge in [-0.1, -0.05) is 42.5 Å². The molecular weight excluding hydrogens is 376 g/mol. The average molecular weight is 396 g/mol. The molecule has 0 bridgehead atoms. The van der Waals surface area contributed by atoms with Crippen molar-refractivity contribution in [1.29, 1.82) is 0 Å². The number of carbonyl (C=O) groups excluding carboxylic acids is 1. The number of rotatable bonds is 4. The van der Waals surface area contributed by atoms with Gasteiger partial charge in [0.15, 0.2) is 0 Å². The zero-order chi connectivity index (χ0) is 19.6. The van der Waals surface area contributed by atoms with Crippen LogP contribution >= 0.6 is 0 Å². The number of amides is 1. The molecule has 0 spiro atoms. The Balaban J connectivity index is 1.61. The van der Waals surface area contributed by atoms with Gasteiger partial charge >= 0.3 is 0 Å². The van der Waals surface area contributed by atoms with Crippen molar-refractivity contribution in [2.45, 2.75) is 4.90 Å². The average Bonchev–Trinajstić information content (AvgIpc) is 2.75. The second-order valence-corrected chi connectivity index (χ2v) is 8.46. The Kier molecular flexibility index (Phi) is 5.13. The topological polar surface area (TPSA) is 75.7 Å². The third-order valence-electron chi connectivity index (χ3n) is 4.74. The Labute approximate surface area is 163 Å². The van der Waals surface area contributed by atoms with Gasteiger partial charge in [0.05, 0.1) is 18.1 Å². The Hall–Kier alpha value is -2.74. The molecular formula is C21H20N2O4S. The number of carbonyl (C=O) groups is 1. The maximum atomic E-state index is 12.8. The third kappa shape index (κ3) is 3.64. The van der Waals surface area contributed by atoms with Gasteiger partial charge in [-0.2, -0.15) is 4.31 Å². The van der Waals surface area contributed by atoms with Crippen molar-refractivity contribution in [3.05, 3.63) is 72.3 Å². The first-order chi connectivity index (χ1) is 13.6. The molecule has 0 saturated carbocycles. The van der Waals surface area contributed by atoms with E-state index in [4.69, 9.17) is 4.74 Å². The van der Waals surface area contributed by atoms with Crippen LogP contribution in [0, 0.1) is 0 Å². The third-order valence-corrected chi connectivity index (χ3v) is 6.64. The molecule has 7 heteroatoms. The summed E-state index contributed by atoms with van der Waals surface area (Å²) in [5.74, 6) is -0.351. The maximum Gasteiger partial charge on any atom is 0.255 e. The molecule has 3 aromatic carbocycles. The van der Waals surface area contributed by atoms with Gasteiger partial charge in [-0.3, -0.25) is 4.79 Å². The lowest BCUT2D eigenvalue weighted by molar-refractivity contribution is 0.0730. The Morgan fingerprint density at radius 1 is 0.929 bits per heavy atom. The van der Waals surface area contributed by atoms with Gasteiger partial charge in [0, 0.05) is 29.7 Å². The number of sulfonamides is 1. The summed E-state index contributed by atoms with van der Waals surface area (Å²) in [6.07, 6.45) is 0. The normalized spacial score (nSPS) is 15.4. The molecule has 1 aliphatic heterocycles. The zero-order valence-electron chi connectivity index (χ0n) is 15.2. The molecule has 1 amide bonds. The van der Waals surface area contributed by atoms with Gasteiger partial charge in [-0.25, -0.2) is 8.42 Å². The first-order valence-corrected chi connectivity index (χ1v) is 10.5. The molecule has 0 atom stereocenters. The standard InChI is InChI=1S/C21H20N2O4S/c24-21(22-20-10-4-6-16-5-1-2-9-19(16)20)17-7-3-8-18(15-17)28(25,26)23-11-13-27-14-12-23/h1-10,15H,11-14H2,(H,22,24). The van der Waals surface area contributed by atoms with Crippen molar-refractivity contribution >= 4 is 32.4 Å². The Morgan fingerprint density at radius 2 is 1.64 bits per heavy atom. The summed E-state index contributed by atoms with van der Waals surface area (Å²) in [7, 11) is -3.65. The van der Waals surface area contributed by atoms with Crippen LogP contribution in [0.5, 0.6) is 0 Å². The van der Waals surface area contributed by atoms with Crippen LogP contribution in [-0.2, 0) is 14.8 Å². The van der Waals surface area contributed by atoms with E-state index in [0.717, 1.165) is 10.8 Å². The summed E-state index contributed by atoms with van der Waals surface area (Å²) in [4.78, 5) is 12.9. The largest absolute Gasteiger partial charge is 0.379 e. The molecule has 1 heterocycles. The summed E-state index contributed by atoms with van der Waals surface area (Å²) in [6, 6.07) is 19.6. The predicted octanol–water partition coefficient (Wildman–Crippen LogP) is 3.11. The van der Waals surface area contributed by atoms with Crippen LogP contribution < -0.4 is 5.32 Å². The van der Waals surface area contributed by atoms with E-state index in [1.807, 2.05) is 42.5 Å². The first kappa shape index (κ1) is 18.6. The lowest BCUT2D eigenvalue weighted by Gasteiger charge is -2.26.